The molecule has 2 unspecified atom stereocenters. The molecule has 0 aromatic rings. The van der Waals surface area contributed by atoms with E-state index in [4.69, 9.17) is 0 Å². The van der Waals surface area contributed by atoms with Gasteiger partial charge >= 0.3 is 0 Å². The van der Waals surface area contributed by atoms with Gasteiger partial charge in [-0.15, -0.1) is 0 Å². The Labute approximate surface area is 93.0 Å². The van der Waals surface area contributed by atoms with Crippen LogP contribution in [0.25, 0.3) is 0 Å². The zero-order valence-corrected chi connectivity index (χ0v) is 10.6. The average molecular weight is 262 g/mol. The van der Waals surface area contributed by atoms with E-state index >= 15 is 0 Å². The van der Waals surface area contributed by atoms with E-state index in [0.29, 0.717) is 0 Å². The summed E-state index contributed by atoms with van der Waals surface area (Å²) in [5, 5.41) is 0. The second-order valence-electron chi connectivity index (χ2n) is 4.47. The van der Waals surface area contributed by atoms with Crippen LogP contribution in [0.4, 0.5) is 0 Å². The molecule has 0 N–H and O–H groups in total. The third kappa shape index (κ3) is 2.00. The molecule has 3 nitrogen and oxygen atoms in total. The van der Waals surface area contributed by atoms with Crippen LogP contribution in [-0.2, 0) is 9.59 Å². The molecule has 1 aliphatic rings. The molecule has 0 bridgehead atoms. The lowest BCUT2D eigenvalue weighted by atomic mass is 10.1. The fraction of sp³-hybridized carbons (Fsp3) is 0.800. The van der Waals surface area contributed by atoms with E-state index in [1.54, 1.807) is 13.8 Å². The summed E-state index contributed by atoms with van der Waals surface area (Å²) >= 11 is 3.29. The number of imide groups is 1. The summed E-state index contributed by atoms with van der Waals surface area (Å²) in [5.74, 6) is -0.210. The molecule has 1 heterocycles. The van der Waals surface area contributed by atoms with Crippen LogP contribution in [0.15, 0.2) is 0 Å². The second-order valence-corrected chi connectivity index (χ2v) is 6.45. The minimum Gasteiger partial charge on any atom is -0.278 e. The quantitative estimate of drug-likeness (QED) is 0.677. The summed E-state index contributed by atoms with van der Waals surface area (Å²) < 4.78 is -0.652. The smallest absolute Gasteiger partial charge is 0.245 e. The van der Waals surface area contributed by atoms with Gasteiger partial charge < -0.3 is 0 Å². The first kappa shape index (κ1) is 11.7. The number of carbonyl (C=O) groups is 2. The van der Waals surface area contributed by atoms with Crippen molar-refractivity contribution in [3.8, 4) is 0 Å². The van der Waals surface area contributed by atoms with Crippen molar-refractivity contribution < 1.29 is 9.59 Å². The summed E-state index contributed by atoms with van der Waals surface area (Å²) in [6, 6.07) is 0.0295. The number of hydrogen-bond donors (Lipinski definition) is 0. The van der Waals surface area contributed by atoms with Crippen LogP contribution < -0.4 is 0 Å². The van der Waals surface area contributed by atoms with Crippen molar-refractivity contribution in [2.45, 2.75) is 44.5 Å². The summed E-state index contributed by atoms with van der Waals surface area (Å²) in [6.45, 7) is 7.31. The van der Waals surface area contributed by atoms with Crippen molar-refractivity contribution in [2.24, 2.45) is 5.92 Å². The molecular formula is C10H16BrNO2. The van der Waals surface area contributed by atoms with Gasteiger partial charge in [0, 0.05) is 12.0 Å². The molecule has 0 aliphatic carbocycles. The van der Waals surface area contributed by atoms with Gasteiger partial charge in [0.05, 0.1) is 4.32 Å². The Hall–Kier alpha value is -0.380. The molecule has 0 saturated carbocycles. The van der Waals surface area contributed by atoms with E-state index in [1.807, 2.05) is 13.8 Å². The molecule has 14 heavy (non-hydrogen) atoms. The predicted octanol–water partition coefficient (Wildman–Crippen LogP) is 1.94. The highest BCUT2D eigenvalue weighted by atomic mass is 79.9. The van der Waals surface area contributed by atoms with Gasteiger partial charge in [-0.25, -0.2) is 0 Å². The predicted molar refractivity (Wildman–Crippen MR) is 58.1 cm³/mol. The number of carbonyl (C=O) groups excluding carboxylic acids is 2. The summed E-state index contributed by atoms with van der Waals surface area (Å²) in [5.41, 5.74) is 0. The SMILES string of the molecule is CC1CC(C)N(C(=O)C(C)(C)Br)C1=O. The van der Waals surface area contributed by atoms with Crippen LogP contribution >= 0.6 is 15.9 Å². The van der Waals surface area contributed by atoms with E-state index in [-0.39, 0.29) is 23.8 Å². The molecule has 1 fully saturated rings. The molecule has 1 rings (SSSR count). The van der Waals surface area contributed by atoms with Crippen LogP contribution in [-0.4, -0.2) is 27.1 Å². The fourth-order valence-electron chi connectivity index (χ4n) is 1.76. The highest BCUT2D eigenvalue weighted by Crippen LogP contribution is 2.29. The third-order valence-corrected chi connectivity index (χ3v) is 2.86. The first-order valence-electron chi connectivity index (χ1n) is 4.81. The maximum atomic E-state index is 11.9. The number of rotatable bonds is 1. The Balaban J connectivity index is 2.89. The van der Waals surface area contributed by atoms with E-state index < -0.39 is 4.32 Å². The lowest BCUT2D eigenvalue weighted by Gasteiger charge is -2.26. The van der Waals surface area contributed by atoms with Crippen molar-refractivity contribution in [3.63, 3.8) is 0 Å². The van der Waals surface area contributed by atoms with Crippen molar-refractivity contribution in [2.75, 3.05) is 0 Å². The lowest BCUT2D eigenvalue weighted by Crippen LogP contribution is -2.46. The first-order chi connectivity index (χ1) is 6.25. The Kier molecular flexibility index (Phi) is 3.04. The second kappa shape index (κ2) is 3.65. The van der Waals surface area contributed by atoms with Gasteiger partial charge in [0.1, 0.15) is 0 Å². The van der Waals surface area contributed by atoms with Gasteiger partial charge in [-0.2, -0.15) is 0 Å². The summed E-state index contributed by atoms with van der Waals surface area (Å²) in [4.78, 5) is 25.0. The average Bonchev–Trinajstić information content (AvgIpc) is 2.24. The van der Waals surface area contributed by atoms with E-state index in [9.17, 15) is 9.59 Å². The molecule has 0 spiro atoms. The Morgan fingerprint density at radius 1 is 1.50 bits per heavy atom. The number of nitrogens with zero attached hydrogens (tertiary/aromatic N) is 1. The highest BCUT2D eigenvalue weighted by molar-refractivity contribution is 9.10. The molecule has 1 aliphatic heterocycles. The fourth-order valence-corrected chi connectivity index (χ4v) is 1.95. The van der Waals surface area contributed by atoms with Crippen LogP contribution in [0.5, 0.6) is 0 Å². The molecule has 0 aromatic carbocycles. The normalized spacial score (nSPS) is 28.4. The molecule has 0 aromatic heterocycles. The Morgan fingerprint density at radius 3 is 2.29 bits per heavy atom. The largest absolute Gasteiger partial charge is 0.278 e. The molecule has 0 radical (unpaired) electrons. The molecule has 4 heteroatoms. The van der Waals surface area contributed by atoms with Crippen molar-refractivity contribution in [3.05, 3.63) is 0 Å². The number of likely N-dealkylation sites (tertiary alicyclic amines) is 1. The van der Waals surface area contributed by atoms with Gasteiger partial charge in [0.15, 0.2) is 0 Å². The van der Waals surface area contributed by atoms with Crippen molar-refractivity contribution in [1.29, 1.82) is 0 Å². The molecule has 80 valence electrons. The molecule has 2 amide bonds. The van der Waals surface area contributed by atoms with Gasteiger partial charge in [0.2, 0.25) is 11.8 Å². The van der Waals surface area contributed by atoms with E-state index in [2.05, 4.69) is 15.9 Å². The minimum atomic E-state index is -0.652. The molecule has 1 saturated heterocycles. The maximum Gasteiger partial charge on any atom is 0.245 e. The number of amides is 2. The standard InChI is InChI=1S/C10H16BrNO2/c1-6-5-7(2)12(8(6)13)9(14)10(3,4)11/h6-7H,5H2,1-4H3. The summed E-state index contributed by atoms with van der Waals surface area (Å²) in [6.07, 6.45) is 0.771. The van der Waals surface area contributed by atoms with Gasteiger partial charge in [0.25, 0.3) is 0 Å². The monoisotopic (exact) mass is 261 g/mol. The lowest BCUT2D eigenvalue weighted by molar-refractivity contribution is -0.145. The first-order valence-corrected chi connectivity index (χ1v) is 5.61. The number of alkyl halides is 1. The van der Waals surface area contributed by atoms with Crippen molar-refractivity contribution >= 4 is 27.7 Å². The number of hydrogen-bond acceptors (Lipinski definition) is 2. The van der Waals surface area contributed by atoms with Gasteiger partial charge in [-0.05, 0) is 27.2 Å². The zero-order valence-electron chi connectivity index (χ0n) is 9.00. The van der Waals surface area contributed by atoms with Crippen LogP contribution in [0.3, 0.4) is 0 Å². The molecule has 2 atom stereocenters. The Morgan fingerprint density at radius 2 is 2.00 bits per heavy atom. The highest BCUT2D eigenvalue weighted by Gasteiger charge is 2.42. The summed E-state index contributed by atoms with van der Waals surface area (Å²) in [7, 11) is 0. The topological polar surface area (TPSA) is 37.4 Å². The van der Waals surface area contributed by atoms with Crippen LogP contribution in [0.2, 0.25) is 0 Å². The minimum absolute atomic E-state index is 0.0243. The Bertz CT molecular complexity index is 270. The van der Waals surface area contributed by atoms with Crippen LogP contribution in [0, 0.1) is 5.92 Å². The van der Waals surface area contributed by atoms with Gasteiger partial charge in [-0.1, -0.05) is 22.9 Å². The number of halogens is 1. The van der Waals surface area contributed by atoms with Crippen LogP contribution in [0.1, 0.15) is 34.1 Å². The maximum absolute atomic E-state index is 11.9. The molecular weight excluding hydrogens is 246 g/mol. The van der Waals surface area contributed by atoms with Crippen molar-refractivity contribution in [1.82, 2.24) is 4.90 Å². The van der Waals surface area contributed by atoms with Gasteiger partial charge in [-0.3, -0.25) is 14.5 Å². The van der Waals surface area contributed by atoms with E-state index in [1.165, 1.54) is 4.90 Å². The van der Waals surface area contributed by atoms with E-state index in [0.717, 1.165) is 6.42 Å². The third-order valence-electron chi connectivity index (χ3n) is 2.52. The zero-order chi connectivity index (χ0) is 11.1.